The summed E-state index contributed by atoms with van der Waals surface area (Å²) in [7, 11) is 2.84. The van der Waals surface area contributed by atoms with Crippen LogP contribution in [0.5, 0.6) is 11.5 Å². The fourth-order valence-corrected chi connectivity index (χ4v) is 3.59. The summed E-state index contributed by atoms with van der Waals surface area (Å²) in [6, 6.07) is 7.39. The van der Waals surface area contributed by atoms with Crippen molar-refractivity contribution in [3.05, 3.63) is 59.2 Å². The van der Waals surface area contributed by atoms with Crippen LogP contribution in [0.15, 0.2) is 36.4 Å². The fourth-order valence-electron chi connectivity index (χ4n) is 3.59. The summed E-state index contributed by atoms with van der Waals surface area (Å²) >= 11 is 0. The fraction of sp³-hybridized carbons (Fsp3) is 0.364. The molecule has 0 aliphatic carbocycles. The average molecular weight is 418 g/mol. The number of carbonyl (C=O) groups is 2. The molecular formula is C22H24F2N2O4. The van der Waals surface area contributed by atoms with E-state index in [0.717, 1.165) is 12.1 Å². The third-order valence-corrected chi connectivity index (χ3v) is 5.32. The lowest BCUT2D eigenvalue weighted by atomic mass is 10.0. The minimum atomic E-state index is -0.669. The average Bonchev–Trinajstić information content (AvgIpc) is 2.73. The Balaban J connectivity index is 1.78. The normalized spacial score (nSPS) is 18.9. The van der Waals surface area contributed by atoms with Crippen LogP contribution in [0.2, 0.25) is 0 Å². The molecule has 0 spiro atoms. The van der Waals surface area contributed by atoms with Gasteiger partial charge in [0.05, 0.1) is 25.3 Å². The van der Waals surface area contributed by atoms with Crippen molar-refractivity contribution in [1.29, 1.82) is 0 Å². The van der Waals surface area contributed by atoms with Crippen molar-refractivity contribution in [3.8, 4) is 11.5 Å². The lowest BCUT2D eigenvalue weighted by Crippen LogP contribution is -2.59. The molecule has 1 saturated heterocycles. The van der Waals surface area contributed by atoms with Gasteiger partial charge in [0.15, 0.2) is 0 Å². The van der Waals surface area contributed by atoms with Gasteiger partial charge < -0.3 is 19.3 Å². The number of rotatable bonds is 4. The predicted molar refractivity (Wildman–Crippen MR) is 107 cm³/mol. The number of benzene rings is 2. The summed E-state index contributed by atoms with van der Waals surface area (Å²) in [6.45, 7) is 3.95. The predicted octanol–water partition coefficient (Wildman–Crippen LogP) is 3.36. The SMILES string of the molecule is COc1ccc(C(=O)N2C[C@H](C)N(C(=O)c3ccc(OC)cc3F)C[C@H]2C)c(F)c1. The number of hydrogen-bond acceptors (Lipinski definition) is 4. The minimum Gasteiger partial charge on any atom is -0.497 e. The molecule has 2 amide bonds. The van der Waals surface area contributed by atoms with Crippen molar-refractivity contribution in [1.82, 2.24) is 9.80 Å². The molecule has 30 heavy (non-hydrogen) atoms. The number of nitrogens with zero attached hydrogens (tertiary/aromatic N) is 2. The van der Waals surface area contributed by atoms with E-state index < -0.39 is 23.4 Å². The van der Waals surface area contributed by atoms with Gasteiger partial charge in [-0.2, -0.15) is 0 Å². The number of halogens is 2. The van der Waals surface area contributed by atoms with Gasteiger partial charge >= 0.3 is 0 Å². The molecule has 0 aromatic heterocycles. The third kappa shape index (κ3) is 4.08. The van der Waals surface area contributed by atoms with Crippen molar-refractivity contribution in [2.24, 2.45) is 0 Å². The highest BCUT2D eigenvalue weighted by Crippen LogP contribution is 2.25. The van der Waals surface area contributed by atoms with Gasteiger partial charge in [0.25, 0.3) is 11.8 Å². The second-order valence-electron chi connectivity index (χ2n) is 7.30. The Morgan fingerprint density at radius 2 is 1.17 bits per heavy atom. The summed E-state index contributed by atoms with van der Waals surface area (Å²) in [6.07, 6.45) is 0. The molecular weight excluding hydrogens is 394 g/mol. The van der Waals surface area contributed by atoms with Crippen LogP contribution in [0, 0.1) is 11.6 Å². The van der Waals surface area contributed by atoms with E-state index in [-0.39, 0.29) is 36.3 Å². The summed E-state index contributed by atoms with van der Waals surface area (Å²) in [5.74, 6) is -1.62. The highest BCUT2D eigenvalue weighted by molar-refractivity contribution is 5.96. The summed E-state index contributed by atoms with van der Waals surface area (Å²) < 4.78 is 38.7. The molecule has 0 saturated carbocycles. The second-order valence-corrected chi connectivity index (χ2v) is 7.30. The molecule has 160 valence electrons. The lowest BCUT2D eigenvalue weighted by Gasteiger charge is -2.44. The number of amides is 2. The Labute approximate surface area is 174 Å². The Hall–Kier alpha value is -3.16. The van der Waals surface area contributed by atoms with E-state index in [2.05, 4.69) is 0 Å². The summed E-state index contributed by atoms with van der Waals surface area (Å²) in [4.78, 5) is 28.9. The van der Waals surface area contributed by atoms with Gasteiger partial charge in [0.1, 0.15) is 23.1 Å². The molecule has 1 heterocycles. The third-order valence-electron chi connectivity index (χ3n) is 5.32. The zero-order valence-electron chi connectivity index (χ0n) is 17.3. The van der Waals surface area contributed by atoms with Crippen molar-refractivity contribution >= 4 is 11.8 Å². The lowest BCUT2D eigenvalue weighted by molar-refractivity contribution is 0.0265. The van der Waals surface area contributed by atoms with Gasteiger partial charge in [0.2, 0.25) is 0 Å². The Morgan fingerprint density at radius 3 is 1.47 bits per heavy atom. The monoisotopic (exact) mass is 418 g/mol. The van der Waals surface area contributed by atoms with Crippen molar-refractivity contribution in [3.63, 3.8) is 0 Å². The molecule has 2 aromatic carbocycles. The Kier molecular flexibility index (Phi) is 6.24. The van der Waals surface area contributed by atoms with Crippen molar-refractivity contribution in [2.45, 2.75) is 25.9 Å². The second kappa shape index (κ2) is 8.69. The van der Waals surface area contributed by atoms with Gasteiger partial charge in [-0.3, -0.25) is 9.59 Å². The highest BCUT2D eigenvalue weighted by Gasteiger charge is 2.36. The van der Waals surface area contributed by atoms with Crippen LogP contribution in [0.4, 0.5) is 8.78 Å². The zero-order valence-corrected chi connectivity index (χ0v) is 17.3. The number of hydrogen-bond donors (Lipinski definition) is 0. The van der Waals surface area contributed by atoms with E-state index in [1.54, 1.807) is 13.8 Å². The highest BCUT2D eigenvalue weighted by atomic mass is 19.1. The van der Waals surface area contributed by atoms with Gasteiger partial charge in [0, 0.05) is 37.3 Å². The van der Waals surface area contributed by atoms with Crippen LogP contribution in [0.3, 0.4) is 0 Å². The van der Waals surface area contributed by atoms with Crippen LogP contribution in [-0.2, 0) is 0 Å². The van der Waals surface area contributed by atoms with E-state index >= 15 is 0 Å². The van der Waals surface area contributed by atoms with Crippen LogP contribution in [0.1, 0.15) is 34.6 Å². The van der Waals surface area contributed by atoms with E-state index in [4.69, 9.17) is 9.47 Å². The molecule has 1 aliphatic rings. The Bertz CT molecular complexity index is 889. The number of piperazine rings is 1. The number of ether oxygens (including phenoxy) is 2. The molecule has 0 radical (unpaired) electrons. The van der Waals surface area contributed by atoms with Crippen LogP contribution in [-0.4, -0.2) is 61.0 Å². The molecule has 1 fully saturated rings. The van der Waals surface area contributed by atoms with Crippen LogP contribution < -0.4 is 9.47 Å². The topological polar surface area (TPSA) is 59.1 Å². The zero-order chi connectivity index (χ0) is 22.0. The summed E-state index contributed by atoms with van der Waals surface area (Å²) in [5, 5.41) is 0. The van der Waals surface area contributed by atoms with Gasteiger partial charge in [-0.1, -0.05) is 0 Å². The maximum atomic E-state index is 14.4. The first-order valence-electron chi connectivity index (χ1n) is 9.55. The largest absolute Gasteiger partial charge is 0.497 e. The molecule has 0 unspecified atom stereocenters. The van der Waals surface area contributed by atoms with E-state index in [0.29, 0.717) is 11.5 Å². The standard InChI is InChI=1S/C22H24F2N2O4/c1-13-11-26(22(28)18-8-6-16(30-4)10-20(18)24)14(2)12-25(13)21(27)17-7-5-15(29-3)9-19(17)23/h5-10,13-14H,11-12H2,1-4H3/t13-,14+. The van der Waals surface area contributed by atoms with E-state index in [9.17, 15) is 18.4 Å². The molecule has 6 nitrogen and oxygen atoms in total. The Morgan fingerprint density at radius 1 is 0.800 bits per heavy atom. The number of carbonyl (C=O) groups excluding carboxylic acids is 2. The maximum Gasteiger partial charge on any atom is 0.257 e. The van der Waals surface area contributed by atoms with Crippen molar-refractivity contribution in [2.75, 3.05) is 27.3 Å². The van der Waals surface area contributed by atoms with Crippen molar-refractivity contribution < 1.29 is 27.8 Å². The first-order chi connectivity index (χ1) is 14.3. The van der Waals surface area contributed by atoms with Gasteiger partial charge in [-0.05, 0) is 38.1 Å². The summed E-state index contributed by atoms with van der Waals surface area (Å²) in [5.41, 5.74) is -0.119. The van der Waals surface area contributed by atoms with Gasteiger partial charge in [-0.15, -0.1) is 0 Å². The van der Waals surface area contributed by atoms with Crippen LogP contribution >= 0.6 is 0 Å². The molecule has 2 atom stereocenters. The molecule has 2 aromatic rings. The quantitative estimate of drug-likeness (QED) is 0.764. The van der Waals surface area contributed by atoms with Crippen LogP contribution in [0.25, 0.3) is 0 Å². The first-order valence-corrected chi connectivity index (χ1v) is 9.55. The number of methoxy groups -OCH3 is 2. The molecule has 8 heteroatoms. The van der Waals surface area contributed by atoms with Gasteiger partial charge in [-0.25, -0.2) is 8.78 Å². The first kappa shape index (κ1) is 21.5. The smallest absolute Gasteiger partial charge is 0.257 e. The molecule has 0 N–H and O–H groups in total. The minimum absolute atomic E-state index is 0.0594. The molecule has 3 rings (SSSR count). The molecule has 0 bridgehead atoms. The molecule has 1 aliphatic heterocycles. The maximum absolute atomic E-state index is 14.4. The van der Waals surface area contributed by atoms with E-state index in [1.165, 1.54) is 48.3 Å². The van der Waals surface area contributed by atoms with E-state index in [1.807, 2.05) is 0 Å².